The van der Waals surface area contributed by atoms with Crippen molar-refractivity contribution >= 4 is 29.0 Å². The van der Waals surface area contributed by atoms with E-state index in [0.717, 1.165) is 33.4 Å². The van der Waals surface area contributed by atoms with E-state index in [-0.39, 0.29) is 24.1 Å². The van der Waals surface area contributed by atoms with Crippen molar-refractivity contribution in [1.29, 1.82) is 0 Å². The lowest BCUT2D eigenvalue weighted by molar-refractivity contribution is -0.142. The minimum absolute atomic E-state index is 0.00809. The molecule has 204 valence electrons. The number of carbonyl (C=O) groups is 3. The standard InChI is InChI=1S/C35H29NO4S/c1-2-40-33(37)20-24-8-10-25(11-9-24)22-36-35(39)32-21-31(23-41-32)28-14-12-26(13-15-28)27-16-18-30(19-17-27)34(38)29-6-4-3-5-7-29/h3-19,21,23H,2,20,22H2,1H3,(H,36,39). The molecule has 0 aliphatic rings. The maximum Gasteiger partial charge on any atom is 0.310 e. The Bertz CT molecular complexity index is 1640. The Morgan fingerprint density at radius 3 is 1.88 bits per heavy atom. The van der Waals surface area contributed by atoms with Gasteiger partial charge in [-0.1, -0.05) is 103 Å². The van der Waals surface area contributed by atoms with Crippen molar-refractivity contribution in [3.05, 3.63) is 142 Å². The summed E-state index contributed by atoms with van der Waals surface area (Å²) >= 11 is 1.41. The molecule has 4 aromatic carbocycles. The third-order valence-corrected chi connectivity index (χ3v) is 7.62. The molecule has 0 radical (unpaired) electrons. The number of hydrogen-bond donors (Lipinski definition) is 1. The molecule has 0 saturated heterocycles. The van der Waals surface area contributed by atoms with Crippen molar-refractivity contribution < 1.29 is 19.1 Å². The predicted octanol–water partition coefficient (Wildman–Crippen LogP) is 7.35. The van der Waals surface area contributed by atoms with Crippen molar-refractivity contribution in [3.8, 4) is 22.3 Å². The Balaban J connectivity index is 1.17. The number of ether oxygens (including phenoxy) is 1. The largest absolute Gasteiger partial charge is 0.466 e. The van der Waals surface area contributed by atoms with E-state index in [2.05, 4.69) is 5.32 Å². The van der Waals surface area contributed by atoms with E-state index >= 15 is 0 Å². The van der Waals surface area contributed by atoms with Crippen molar-refractivity contribution in [3.63, 3.8) is 0 Å². The number of nitrogens with one attached hydrogen (secondary N) is 1. The van der Waals surface area contributed by atoms with E-state index in [0.29, 0.717) is 29.2 Å². The molecular formula is C35H29NO4S. The highest BCUT2D eigenvalue weighted by molar-refractivity contribution is 7.12. The molecule has 6 heteroatoms. The van der Waals surface area contributed by atoms with Crippen LogP contribution in [0.4, 0.5) is 0 Å². The van der Waals surface area contributed by atoms with Gasteiger partial charge in [-0.2, -0.15) is 0 Å². The van der Waals surface area contributed by atoms with Crippen LogP contribution in [0, 0.1) is 0 Å². The SMILES string of the molecule is CCOC(=O)Cc1ccc(CNC(=O)c2cc(-c3ccc(-c4ccc(C(=O)c5ccccc5)cc4)cc3)cs2)cc1. The lowest BCUT2D eigenvalue weighted by Crippen LogP contribution is -2.21. The summed E-state index contributed by atoms with van der Waals surface area (Å²) in [4.78, 5) is 37.7. The molecule has 1 heterocycles. The number of esters is 1. The third kappa shape index (κ3) is 7.04. The molecular weight excluding hydrogens is 530 g/mol. The molecule has 5 nitrogen and oxygen atoms in total. The average Bonchev–Trinajstić information content (AvgIpc) is 3.52. The van der Waals surface area contributed by atoms with E-state index in [9.17, 15) is 14.4 Å². The first-order valence-corrected chi connectivity index (χ1v) is 14.3. The van der Waals surface area contributed by atoms with Crippen LogP contribution in [0.25, 0.3) is 22.3 Å². The Kier molecular flexibility index (Phi) is 8.82. The Morgan fingerprint density at radius 1 is 0.683 bits per heavy atom. The van der Waals surface area contributed by atoms with Gasteiger partial charge in [-0.3, -0.25) is 14.4 Å². The first-order valence-electron chi connectivity index (χ1n) is 13.4. The normalized spacial score (nSPS) is 10.7. The van der Waals surface area contributed by atoms with Gasteiger partial charge in [0.15, 0.2) is 5.78 Å². The summed E-state index contributed by atoms with van der Waals surface area (Å²) in [5.74, 6) is -0.366. The molecule has 0 saturated carbocycles. The van der Waals surface area contributed by atoms with E-state index in [1.54, 1.807) is 6.92 Å². The van der Waals surface area contributed by atoms with E-state index in [4.69, 9.17) is 4.74 Å². The Labute approximate surface area is 243 Å². The first-order chi connectivity index (χ1) is 20.0. The third-order valence-electron chi connectivity index (χ3n) is 6.69. The van der Waals surface area contributed by atoms with Crippen LogP contribution in [0.3, 0.4) is 0 Å². The fraction of sp³-hybridized carbons (Fsp3) is 0.114. The second kappa shape index (κ2) is 13.0. The van der Waals surface area contributed by atoms with Gasteiger partial charge in [0.1, 0.15) is 0 Å². The van der Waals surface area contributed by atoms with Gasteiger partial charge in [-0.15, -0.1) is 11.3 Å². The second-order valence-corrected chi connectivity index (χ2v) is 10.4. The van der Waals surface area contributed by atoms with Crippen LogP contribution in [-0.4, -0.2) is 24.3 Å². The molecule has 1 aromatic heterocycles. The quantitative estimate of drug-likeness (QED) is 0.143. The lowest BCUT2D eigenvalue weighted by Gasteiger charge is -2.06. The van der Waals surface area contributed by atoms with Crippen LogP contribution in [-0.2, 0) is 22.5 Å². The van der Waals surface area contributed by atoms with Crippen molar-refractivity contribution in [1.82, 2.24) is 5.32 Å². The first kappa shape index (κ1) is 27.7. The monoisotopic (exact) mass is 559 g/mol. The van der Waals surface area contributed by atoms with E-state index in [1.807, 2.05) is 115 Å². The molecule has 0 unspecified atom stereocenters. The van der Waals surface area contributed by atoms with Crippen LogP contribution in [0.15, 0.2) is 115 Å². The zero-order valence-electron chi connectivity index (χ0n) is 22.6. The zero-order chi connectivity index (χ0) is 28.6. The highest BCUT2D eigenvalue weighted by Crippen LogP contribution is 2.29. The number of benzene rings is 4. The maximum absolute atomic E-state index is 12.8. The summed E-state index contributed by atoms with van der Waals surface area (Å²) in [6.45, 7) is 2.55. The van der Waals surface area contributed by atoms with Crippen molar-refractivity contribution in [2.24, 2.45) is 0 Å². The molecule has 41 heavy (non-hydrogen) atoms. The molecule has 0 spiro atoms. The fourth-order valence-electron chi connectivity index (χ4n) is 4.46. The minimum Gasteiger partial charge on any atom is -0.466 e. The smallest absolute Gasteiger partial charge is 0.310 e. The Hall–Kier alpha value is -4.81. The lowest BCUT2D eigenvalue weighted by atomic mass is 9.98. The number of ketones is 1. The maximum atomic E-state index is 12.8. The number of thiophene rings is 1. The molecule has 0 aliphatic heterocycles. The average molecular weight is 560 g/mol. The highest BCUT2D eigenvalue weighted by atomic mass is 32.1. The minimum atomic E-state index is -0.248. The number of amides is 1. The Morgan fingerprint density at radius 2 is 1.24 bits per heavy atom. The topological polar surface area (TPSA) is 72.5 Å². The summed E-state index contributed by atoms with van der Waals surface area (Å²) in [6.07, 6.45) is 0.238. The molecule has 5 aromatic rings. The zero-order valence-corrected chi connectivity index (χ0v) is 23.4. The summed E-state index contributed by atoms with van der Waals surface area (Å²) in [7, 11) is 0. The van der Waals surface area contributed by atoms with E-state index in [1.165, 1.54) is 11.3 Å². The van der Waals surface area contributed by atoms with Gasteiger partial charge in [0.05, 0.1) is 17.9 Å². The van der Waals surface area contributed by atoms with Crippen LogP contribution < -0.4 is 5.32 Å². The van der Waals surface area contributed by atoms with Crippen molar-refractivity contribution in [2.75, 3.05) is 6.61 Å². The number of rotatable bonds is 10. The summed E-state index contributed by atoms with van der Waals surface area (Å²) in [5, 5.41) is 4.95. The molecule has 1 amide bonds. The van der Waals surface area contributed by atoms with Crippen LogP contribution in [0.1, 0.15) is 43.6 Å². The van der Waals surface area contributed by atoms with E-state index < -0.39 is 0 Å². The summed E-state index contributed by atoms with van der Waals surface area (Å²) in [6, 6.07) is 34.6. The molecule has 1 N–H and O–H groups in total. The molecule has 5 rings (SSSR count). The van der Waals surface area contributed by atoms with Gasteiger partial charge in [-0.05, 0) is 51.8 Å². The van der Waals surface area contributed by atoms with Crippen LogP contribution in [0.2, 0.25) is 0 Å². The van der Waals surface area contributed by atoms with Crippen LogP contribution in [0.5, 0.6) is 0 Å². The van der Waals surface area contributed by atoms with Gasteiger partial charge < -0.3 is 10.1 Å². The predicted molar refractivity (Wildman–Crippen MR) is 163 cm³/mol. The molecule has 0 fully saturated rings. The summed E-state index contributed by atoms with van der Waals surface area (Å²) in [5.41, 5.74) is 7.25. The van der Waals surface area contributed by atoms with Gasteiger partial charge in [0.25, 0.3) is 5.91 Å². The molecule has 0 bridgehead atoms. The fourth-order valence-corrected chi connectivity index (χ4v) is 5.29. The van der Waals surface area contributed by atoms with Gasteiger partial charge >= 0.3 is 5.97 Å². The molecule has 0 atom stereocenters. The van der Waals surface area contributed by atoms with Gasteiger partial charge in [-0.25, -0.2) is 0 Å². The highest BCUT2D eigenvalue weighted by Gasteiger charge is 2.12. The summed E-state index contributed by atoms with van der Waals surface area (Å²) < 4.78 is 4.98. The van der Waals surface area contributed by atoms with Gasteiger partial charge in [0.2, 0.25) is 0 Å². The molecule has 0 aliphatic carbocycles. The van der Waals surface area contributed by atoms with Crippen LogP contribution >= 0.6 is 11.3 Å². The number of hydrogen-bond acceptors (Lipinski definition) is 5. The second-order valence-electron chi connectivity index (χ2n) is 9.53. The number of carbonyl (C=O) groups excluding carboxylic acids is 3. The van der Waals surface area contributed by atoms with Gasteiger partial charge in [0, 0.05) is 17.7 Å². The van der Waals surface area contributed by atoms with Crippen molar-refractivity contribution in [2.45, 2.75) is 19.9 Å².